The number of ether oxygens (including phenoxy) is 1. The van der Waals surface area contributed by atoms with E-state index >= 15 is 0 Å². The molecule has 0 saturated carbocycles. The summed E-state index contributed by atoms with van der Waals surface area (Å²) in [5.74, 6) is -0.620. The van der Waals surface area contributed by atoms with E-state index in [1.54, 1.807) is 25.1 Å². The fourth-order valence-corrected chi connectivity index (χ4v) is 1.53. The van der Waals surface area contributed by atoms with Crippen LogP contribution in [0.1, 0.15) is 29.8 Å². The van der Waals surface area contributed by atoms with E-state index in [4.69, 9.17) is 0 Å². The first-order valence-electron chi connectivity index (χ1n) is 5.59. The third-order valence-corrected chi connectivity index (χ3v) is 2.42. The first-order chi connectivity index (χ1) is 8.45. The summed E-state index contributed by atoms with van der Waals surface area (Å²) in [5.41, 5.74) is 2.67. The second-order valence-corrected chi connectivity index (χ2v) is 4.18. The second kappa shape index (κ2) is 6.00. The summed E-state index contributed by atoms with van der Waals surface area (Å²) >= 11 is 0. The topological polar surface area (TPSA) is 55.4 Å². The third-order valence-electron chi connectivity index (χ3n) is 2.42. The van der Waals surface area contributed by atoms with Gasteiger partial charge in [0.2, 0.25) is 5.91 Å². The summed E-state index contributed by atoms with van der Waals surface area (Å²) in [6.45, 7) is 5.46. The van der Waals surface area contributed by atoms with E-state index in [2.05, 4.69) is 10.1 Å². The van der Waals surface area contributed by atoms with Crippen LogP contribution in [0.4, 0.5) is 5.69 Å². The number of carbonyl (C=O) groups excluding carboxylic acids is 2. The molecule has 4 nitrogen and oxygen atoms in total. The van der Waals surface area contributed by atoms with Gasteiger partial charge in [-0.3, -0.25) is 4.79 Å². The first-order valence-corrected chi connectivity index (χ1v) is 5.59. The van der Waals surface area contributed by atoms with Gasteiger partial charge in [-0.2, -0.15) is 0 Å². The average molecular weight is 247 g/mol. The lowest BCUT2D eigenvalue weighted by Crippen LogP contribution is -2.12. The maximum atomic E-state index is 11.6. The van der Waals surface area contributed by atoms with Crippen LogP contribution in [-0.4, -0.2) is 19.0 Å². The van der Waals surface area contributed by atoms with Crippen LogP contribution in [-0.2, 0) is 9.53 Å². The van der Waals surface area contributed by atoms with Gasteiger partial charge in [0, 0.05) is 11.8 Å². The number of rotatable bonds is 3. The van der Waals surface area contributed by atoms with Crippen LogP contribution < -0.4 is 5.32 Å². The highest BCUT2D eigenvalue weighted by atomic mass is 16.5. The fraction of sp³-hybridized carbons (Fsp3) is 0.286. The smallest absolute Gasteiger partial charge is 0.338 e. The third kappa shape index (κ3) is 3.45. The van der Waals surface area contributed by atoms with Crippen molar-refractivity contribution < 1.29 is 14.3 Å². The number of anilines is 1. The summed E-state index contributed by atoms with van der Waals surface area (Å²) in [6.07, 6.45) is 1.50. The molecule has 1 aromatic carbocycles. The lowest BCUT2D eigenvalue weighted by Gasteiger charge is -2.10. The van der Waals surface area contributed by atoms with E-state index in [1.165, 1.54) is 13.2 Å². The second-order valence-electron chi connectivity index (χ2n) is 4.18. The van der Waals surface area contributed by atoms with Gasteiger partial charge in [0.15, 0.2) is 0 Å². The predicted octanol–water partition coefficient (Wildman–Crippen LogP) is 2.69. The molecule has 1 aromatic rings. The van der Waals surface area contributed by atoms with Gasteiger partial charge in [-0.15, -0.1) is 0 Å². The highest BCUT2D eigenvalue weighted by molar-refractivity contribution is 6.01. The Morgan fingerprint density at radius 1 is 1.28 bits per heavy atom. The maximum absolute atomic E-state index is 11.6. The number of benzene rings is 1. The zero-order chi connectivity index (χ0) is 13.7. The minimum atomic E-state index is -0.411. The summed E-state index contributed by atoms with van der Waals surface area (Å²) in [6, 6.07) is 5.12. The van der Waals surface area contributed by atoms with E-state index < -0.39 is 5.97 Å². The van der Waals surface area contributed by atoms with Crippen molar-refractivity contribution in [2.75, 3.05) is 12.4 Å². The zero-order valence-electron chi connectivity index (χ0n) is 11.0. The normalized spacial score (nSPS) is 9.56. The highest BCUT2D eigenvalue weighted by Gasteiger charge is 2.12. The predicted molar refractivity (Wildman–Crippen MR) is 70.6 cm³/mol. The molecule has 0 heterocycles. The summed E-state index contributed by atoms with van der Waals surface area (Å²) in [4.78, 5) is 23.1. The zero-order valence-corrected chi connectivity index (χ0v) is 11.0. The molecule has 0 aromatic heterocycles. The Hall–Kier alpha value is -2.10. The molecule has 1 amide bonds. The van der Waals surface area contributed by atoms with Gasteiger partial charge in [-0.05, 0) is 38.5 Å². The van der Waals surface area contributed by atoms with Crippen molar-refractivity contribution in [3.8, 4) is 0 Å². The number of esters is 1. The minimum Gasteiger partial charge on any atom is -0.465 e. The molecule has 0 saturated heterocycles. The Bertz CT molecular complexity index is 500. The van der Waals surface area contributed by atoms with Crippen LogP contribution in [0.5, 0.6) is 0 Å². The van der Waals surface area contributed by atoms with Gasteiger partial charge in [0.1, 0.15) is 0 Å². The molecule has 0 spiro atoms. The van der Waals surface area contributed by atoms with Gasteiger partial charge in [-0.1, -0.05) is 11.6 Å². The molecule has 0 aliphatic heterocycles. The number of carbonyl (C=O) groups is 2. The van der Waals surface area contributed by atoms with E-state index in [0.717, 1.165) is 5.57 Å². The number of methoxy groups -OCH3 is 1. The molecule has 0 unspecified atom stereocenters. The molecule has 4 heteroatoms. The number of amides is 1. The van der Waals surface area contributed by atoms with Crippen molar-refractivity contribution in [1.29, 1.82) is 0 Å². The molecule has 0 bridgehead atoms. The number of hydrogen-bond donors (Lipinski definition) is 1. The Labute approximate surface area is 107 Å². The van der Waals surface area contributed by atoms with Crippen LogP contribution in [0.15, 0.2) is 29.8 Å². The van der Waals surface area contributed by atoms with Gasteiger partial charge in [0.25, 0.3) is 0 Å². The Morgan fingerprint density at radius 2 is 1.94 bits per heavy atom. The van der Waals surface area contributed by atoms with Crippen LogP contribution >= 0.6 is 0 Å². The van der Waals surface area contributed by atoms with E-state index in [1.807, 2.05) is 13.8 Å². The van der Waals surface area contributed by atoms with Crippen LogP contribution in [0.3, 0.4) is 0 Å². The molecule has 0 aliphatic rings. The average Bonchev–Trinajstić information content (AvgIpc) is 2.30. The van der Waals surface area contributed by atoms with Crippen LogP contribution in [0, 0.1) is 6.92 Å². The van der Waals surface area contributed by atoms with Crippen molar-refractivity contribution >= 4 is 17.6 Å². The Kier molecular flexibility index (Phi) is 4.66. The lowest BCUT2D eigenvalue weighted by molar-refractivity contribution is -0.112. The SMILES string of the molecule is COC(=O)c1cccc(NC(=O)C=C(C)C)c1C. The molecule has 18 heavy (non-hydrogen) atoms. The van der Waals surface area contributed by atoms with Crippen molar-refractivity contribution in [1.82, 2.24) is 0 Å². The number of nitrogens with one attached hydrogen (secondary N) is 1. The van der Waals surface area contributed by atoms with Crippen molar-refractivity contribution in [2.24, 2.45) is 0 Å². The standard InChI is InChI=1S/C14H17NO3/c1-9(2)8-13(16)15-12-7-5-6-11(10(12)3)14(17)18-4/h5-8H,1-4H3,(H,15,16). The highest BCUT2D eigenvalue weighted by Crippen LogP contribution is 2.19. The van der Waals surface area contributed by atoms with E-state index in [0.29, 0.717) is 16.8 Å². The molecular weight excluding hydrogens is 230 g/mol. The van der Waals surface area contributed by atoms with Crippen molar-refractivity contribution in [2.45, 2.75) is 20.8 Å². The van der Waals surface area contributed by atoms with Crippen LogP contribution in [0.2, 0.25) is 0 Å². The molecule has 0 aliphatic carbocycles. The van der Waals surface area contributed by atoms with E-state index in [-0.39, 0.29) is 5.91 Å². The van der Waals surface area contributed by atoms with Crippen LogP contribution in [0.25, 0.3) is 0 Å². The van der Waals surface area contributed by atoms with Gasteiger partial charge in [0.05, 0.1) is 12.7 Å². The maximum Gasteiger partial charge on any atom is 0.338 e. The van der Waals surface area contributed by atoms with Gasteiger partial charge >= 0.3 is 5.97 Å². The van der Waals surface area contributed by atoms with Gasteiger partial charge < -0.3 is 10.1 Å². The van der Waals surface area contributed by atoms with Crippen molar-refractivity contribution in [3.05, 3.63) is 41.0 Å². The molecule has 0 atom stereocenters. The molecular formula is C14H17NO3. The largest absolute Gasteiger partial charge is 0.465 e. The van der Waals surface area contributed by atoms with Gasteiger partial charge in [-0.25, -0.2) is 4.79 Å². The Balaban J connectivity index is 3.01. The van der Waals surface area contributed by atoms with Crippen molar-refractivity contribution in [3.63, 3.8) is 0 Å². The molecule has 96 valence electrons. The van der Waals surface area contributed by atoms with E-state index in [9.17, 15) is 9.59 Å². The first kappa shape index (κ1) is 14.0. The number of hydrogen-bond acceptors (Lipinski definition) is 3. The number of allylic oxidation sites excluding steroid dienone is 1. The summed E-state index contributed by atoms with van der Waals surface area (Å²) in [7, 11) is 1.33. The minimum absolute atomic E-state index is 0.208. The summed E-state index contributed by atoms with van der Waals surface area (Å²) < 4.78 is 4.68. The monoisotopic (exact) mass is 247 g/mol. The molecule has 1 N–H and O–H groups in total. The molecule has 0 fully saturated rings. The molecule has 1 rings (SSSR count). The molecule has 0 radical (unpaired) electrons. The lowest BCUT2D eigenvalue weighted by atomic mass is 10.1. The quantitative estimate of drug-likeness (QED) is 0.660. The Morgan fingerprint density at radius 3 is 2.50 bits per heavy atom. The summed E-state index contributed by atoms with van der Waals surface area (Å²) in [5, 5.41) is 2.74. The fourth-order valence-electron chi connectivity index (χ4n) is 1.53.